The first-order valence-corrected chi connectivity index (χ1v) is 11.4. The van der Waals surface area contributed by atoms with Crippen LogP contribution in [0.1, 0.15) is 11.5 Å². The van der Waals surface area contributed by atoms with Crippen molar-refractivity contribution in [2.24, 2.45) is 13.0 Å². The van der Waals surface area contributed by atoms with Gasteiger partial charge in [-0.3, -0.25) is 4.79 Å². The van der Waals surface area contributed by atoms with Gasteiger partial charge in [0.2, 0.25) is 5.91 Å². The number of aromatic nitrogens is 2. The summed E-state index contributed by atoms with van der Waals surface area (Å²) < 4.78 is 42.4. The molecule has 2 heterocycles. The second-order valence-electron chi connectivity index (χ2n) is 7.46. The van der Waals surface area contributed by atoms with Crippen molar-refractivity contribution < 1.29 is 17.6 Å². The Morgan fingerprint density at radius 3 is 2.58 bits per heavy atom. The molecule has 10 heteroatoms. The number of amides is 1. The normalized spacial score (nSPS) is 19.5. The largest absolute Gasteiger partial charge is 0.339 e. The van der Waals surface area contributed by atoms with Crippen LogP contribution in [0.2, 0.25) is 5.02 Å². The van der Waals surface area contributed by atoms with Gasteiger partial charge in [0.15, 0.2) is 5.03 Å². The molecule has 1 aliphatic heterocycles. The lowest BCUT2D eigenvalue weighted by Gasteiger charge is -2.18. The molecule has 4 rings (SSSR count). The Bertz CT molecular complexity index is 1210. The van der Waals surface area contributed by atoms with Crippen LogP contribution in [0.3, 0.4) is 0 Å². The van der Waals surface area contributed by atoms with E-state index in [9.17, 15) is 17.6 Å². The van der Waals surface area contributed by atoms with Gasteiger partial charge >= 0.3 is 0 Å². The highest BCUT2D eigenvalue weighted by Gasteiger charge is 2.44. The Morgan fingerprint density at radius 2 is 1.94 bits per heavy atom. The number of halogens is 2. The van der Waals surface area contributed by atoms with Crippen LogP contribution in [-0.2, 0) is 21.9 Å². The fraction of sp³-hybridized carbons (Fsp3) is 0.238. The Labute approximate surface area is 184 Å². The van der Waals surface area contributed by atoms with Gasteiger partial charge in [-0.1, -0.05) is 29.8 Å². The number of imidazole rings is 1. The van der Waals surface area contributed by atoms with E-state index in [0.717, 1.165) is 0 Å². The zero-order valence-electron chi connectivity index (χ0n) is 16.6. The molecule has 0 aliphatic carbocycles. The predicted molar refractivity (Wildman–Crippen MR) is 115 cm³/mol. The summed E-state index contributed by atoms with van der Waals surface area (Å²) in [5.74, 6) is -1.86. The molecule has 2 atom stereocenters. The maximum atomic E-state index is 13.4. The molecule has 162 valence electrons. The molecule has 0 spiro atoms. The van der Waals surface area contributed by atoms with Crippen LogP contribution >= 0.6 is 11.6 Å². The zero-order valence-corrected chi connectivity index (χ0v) is 18.1. The van der Waals surface area contributed by atoms with Crippen molar-refractivity contribution in [2.75, 3.05) is 18.4 Å². The molecular formula is C21H20ClFN4O3S. The molecular weight excluding hydrogens is 443 g/mol. The van der Waals surface area contributed by atoms with Crippen LogP contribution in [0, 0.1) is 11.7 Å². The van der Waals surface area contributed by atoms with Crippen LogP contribution in [0.5, 0.6) is 0 Å². The maximum Gasteiger partial charge on any atom is 0.262 e. The van der Waals surface area contributed by atoms with Crippen LogP contribution in [0.15, 0.2) is 66.1 Å². The first-order chi connectivity index (χ1) is 14.7. The minimum atomic E-state index is -3.89. The van der Waals surface area contributed by atoms with E-state index in [4.69, 9.17) is 11.6 Å². The number of hydrogen-bond acceptors (Lipinski definition) is 4. The zero-order chi connectivity index (χ0) is 22.2. The summed E-state index contributed by atoms with van der Waals surface area (Å²) in [7, 11) is -2.21. The molecule has 0 unspecified atom stereocenters. The number of aryl methyl sites for hydroxylation is 1. The smallest absolute Gasteiger partial charge is 0.262 e. The third-order valence-electron chi connectivity index (χ3n) is 5.30. The number of rotatable bonds is 5. The van der Waals surface area contributed by atoms with E-state index in [1.807, 2.05) is 0 Å². The molecule has 3 aromatic rings. The van der Waals surface area contributed by atoms with Gasteiger partial charge in [0.1, 0.15) is 5.82 Å². The van der Waals surface area contributed by atoms with E-state index < -0.39 is 27.7 Å². The SMILES string of the molecule is Cn1cnc(S(=O)(=O)N2C[C@H](C(=O)Nc3cccc(Cl)c3)[C@@H](c3ccc(F)cc3)C2)c1. The second kappa shape index (κ2) is 8.41. The van der Waals surface area contributed by atoms with Crippen molar-refractivity contribution in [3.63, 3.8) is 0 Å². The van der Waals surface area contributed by atoms with Crippen molar-refractivity contribution in [3.8, 4) is 0 Å². The van der Waals surface area contributed by atoms with Crippen molar-refractivity contribution in [3.05, 3.63) is 77.5 Å². The first kappa shape index (κ1) is 21.5. The molecule has 0 saturated carbocycles. The van der Waals surface area contributed by atoms with Crippen molar-refractivity contribution in [2.45, 2.75) is 10.9 Å². The monoisotopic (exact) mass is 462 g/mol. The highest BCUT2D eigenvalue weighted by Crippen LogP contribution is 2.36. The van der Waals surface area contributed by atoms with Crippen molar-refractivity contribution in [1.82, 2.24) is 13.9 Å². The molecule has 31 heavy (non-hydrogen) atoms. The fourth-order valence-electron chi connectivity index (χ4n) is 3.73. The predicted octanol–water partition coefficient (Wildman–Crippen LogP) is 3.26. The fourth-order valence-corrected chi connectivity index (χ4v) is 5.38. The Kier molecular flexibility index (Phi) is 5.83. The van der Waals surface area contributed by atoms with Crippen LogP contribution in [0.25, 0.3) is 0 Å². The number of hydrogen-bond donors (Lipinski definition) is 1. The lowest BCUT2D eigenvalue weighted by molar-refractivity contribution is -0.119. The highest BCUT2D eigenvalue weighted by atomic mass is 35.5. The molecule has 1 aliphatic rings. The molecule has 7 nitrogen and oxygen atoms in total. The molecule has 1 fully saturated rings. The Hall–Kier alpha value is -2.75. The molecule has 0 bridgehead atoms. The topological polar surface area (TPSA) is 84.3 Å². The number of carbonyl (C=O) groups excluding carboxylic acids is 1. The van der Waals surface area contributed by atoms with Crippen LogP contribution < -0.4 is 5.32 Å². The van der Waals surface area contributed by atoms with Crippen molar-refractivity contribution in [1.29, 1.82) is 0 Å². The minimum absolute atomic E-state index is 0.0205. The van der Waals surface area contributed by atoms with Gasteiger partial charge in [-0.25, -0.2) is 17.8 Å². The number of nitrogens with zero attached hydrogens (tertiary/aromatic N) is 3. The number of sulfonamides is 1. The molecule has 0 radical (unpaired) electrons. The highest BCUT2D eigenvalue weighted by molar-refractivity contribution is 7.89. The van der Waals surface area contributed by atoms with Gasteiger partial charge in [-0.15, -0.1) is 0 Å². The summed E-state index contributed by atoms with van der Waals surface area (Å²) in [6, 6.07) is 12.5. The number of benzene rings is 2. The van der Waals surface area contributed by atoms with Gasteiger partial charge in [-0.05, 0) is 35.9 Å². The van der Waals surface area contributed by atoms with E-state index in [-0.39, 0.29) is 24.0 Å². The summed E-state index contributed by atoms with van der Waals surface area (Å²) in [6.45, 7) is 0.0610. The van der Waals surface area contributed by atoms with Gasteiger partial charge < -0.3 is 9.88 Å². The summed E-state index contributed by atoms with van der Waals surface area (Å²) in [5, 5.41) is 3.20. The average Bonchev–Trinajstić information content (AvgIpc) is 3.36. The summed E-state index contributed by atoms with van der Waals surface area (Å²) in [5.41, 5.74) is 1.20. The molecule has 1 N–H and O–H groups in total. The third kappa shape index (κ3) is 4.48. The Balaban J connectivity index is 1.65. The molecule has 1 aromatic heterocycles. The lowest BCUT2D eigenvalue weighted by atomic mass is 9.88. The van der Waals surface area contributed by atoms with E-state index in [1.54, 1.807) is 48.0 Å². The van der Waals surface area contributed by atoms with E-state index in [1.165, 1.54) is 29.0 Å². The van der Waals surface area contributed by atoms with Gasteiger partial charge in [0.25, 0.3) is 10.0 Å². The van der Waals surface area contributed by atoms with E-state index in [0.29, 0.717) is 16.3 Å². The quantitative estimate of drug-likeness (QED) is 0.630. The molecule has 2 aromatic carbocycles. The molecule has 1 saturated heterocycles. The lowest BCUT2D eigenvalue weighted by Crippen LogP contribution is -2.32. The minimum Gasteiger partial charge on any atom is -0.339 e. The number of nitrogens with one attached hydrogen (secondary N) is 1. The first-order valence-electron chi connectivity index (χ1n) is 9.54. The van der Waals surface area contributed by atoms with E-state index >= 15 is 0 Å². The number of anilines is 1. The third-order valence-corrected chi connectivity index (χ3v) is 7.25. The Morgan fingerprint density at radius 1 is 1.19 bits per heavy atom. The maximum absolute atomic E-state index is 13.4. The van der Waals surface area contributed by atoms with Crippen molar-refractivity contribution >= 4 is 33.2 Å². The standard InChI is InChI=1S/C21H20ClFN4O3S/c1-26-12-20(24-13-26)31(29,30)27-10-18(14-5-7-16(23)8-6-14)19(11-27)21(28)25-17-4-2-3-15(22)9-17/h2-9,12-13,18-19H,10-11H2,1H3,(H,25,28)/t18-,19+/m1/s1. The van der Waals surface area contributed by atoms with E-state index in [2.05, 4.69) is 10.3 Å². The van der Waals surface area contributed by atoms with Gasteiger partial charge in [0.05, 0.1) is 12.2 Å². The molecule has 1 amide bonds. The van der Waals surface area contributed by atoms with Gasteiger partial charge in [-0.2, -0.15) is 4.31 Å². The summed E-state index contributed by atoms with van der Waals surface area (Å²) in [4.78, 5) is 17.1. The average molecular weight is 463 g/mol. The summed E-state index contributed by atoms with van der Waals surface area (Å²) >= 11 is 6.00. The van der Waals surface area contributed by atoms with Gasteiger partial charge in [0, 0.05) is 43.0 Å². The number of carbonyl (C=O) groups is 1. The summed E-state index contributed by atoms with van der Waals surface area (Å²) in [6.07, 6.45) is 2.82. The second-order valence-corrected chi connectivity index (χ2v) is 9.78. The van der Waals surface area contributed by atoms with Crippen LogP contribution in [-0.4, -0.2) is 41.3 Å². The van der Waals surface area contributed by atoms with Crippen LogP contribution in [0.4, 0.5) is 10.1 Å².